The van der Waals surface area contributed by atoms with Crippen molar-refractivity contribution in [3.63, 3.8) is 0 Å². The number of alkyl halides is 1. The standard InChI is InChI=1S/C11H21FO/c1-11(12,8-9-13-2)10-6-4-3-5-7-10/h10H,3-9H2,1-2H3. The molecule has 1 rings (SSSR count). The molecular weight excluding hydrogens is 167 g/mol. The number of methoxy groups -OCH3 is 1. The van der Waals surface area contributed by atoms with Crippen LogP contribution in [-0.2, 0) is 4.74 Å². The maximum atomic E-state index is 14.1. The van der Waals surface area contributed by atoms with Crippen LogP contribution < -0.4 is 0 Å². The minimum atomic E-state index is -1.00. The minimum absolute atomic E-state index is 0.274. The monoisotopic (exact) mass is 188 g/mol. The molecule has 0 aromatic carbocycles. The van der Waals surface area contributed by atoms with Gasteiger partial charge in [0.15, 0.2) is 0 Å². The fourth-order valence-corrected chi connectivity index (χ4v) is 2.21. The van der Waals surface area contributed by atoms with E-state index in [2.05, 4.69) is 0 Å². The maximum absolute atomic E-state index is 14.1. The predicted octanol–water partition coefficient (Wildman–Crippen LogP) is 3.33. The maximum Gasteiger partial charge on any atom is 0.113 e. The van der Waals surface area contributed by atoms with Crippen molar-refractivity contribution in [3.8, 4) is 0 Å². The van der Waals surface area contributed by atoms with Gasteiger partial charge in [0.05, 0.1) is 0 Å². The van der Waals surface area contributed by atoms with Gasteiger partial charge in [0.25, 0.3) is 0 Å². The molecule has 0 amide bonds. The van der Waals surface area contributed by atoms with Crippen LogP contribution in [0.5, 0.6) is 0 Å². The third-order valence-corrected chi connectivity index (χ3v) is 3.25. The van der Waals surface area contributed by atoms with Crippen molar-refractivity contribution >= 4 is 0 Å². The minimum Gasteiger partial charge on any atom is -0.385 e. The lowest BCUT2D eigenvalue weighted by Gasteiger charge is -2.33. The Balaban J connectivity index is 2.36. The highest BCUT2D eigenvalue weighted by Crippen LogP contribution is 2.37. The van der Waals surface area contributed by atoms with Gasteiger partial charge in [-0.2, -0.15) is 0 Å². The highest BCUT2D eigenvalue weighted by Gasteiger charge is 2.34. The molecule has 0 heterocycles. The molecule has 1 fully saturated rings. The molecule has 1 aliphatic rings. The molecule has 78 valence electrons. The third kappa shape index (κ3) is 3.26. The first-order valence-electron chi connectivity index (χ1n) is 5.34. The van der Waals surface area contributed by atoms with Crippen molar-refractivity contribution in [2.45, 2.75) is 51.1 Å². The van der Waals surface area contributed by atoms with Crippen molar-refractivity contribution in [2.24, 2.45) is 5.92 Å². The van der Waals surface area contributed by atoms with E-state index in [-0.39, 0.29) is 5.92 Å². The van der Waals surface area contributed by atoms with Gasteiger partial charge in [0.2, 0.25) is 0 Å². The van der Waals surface area contributed by atoms with E-state index in [1.165, 1.54) is 19.3 Å². The summed E-state index contributed by atoms with van der Waals surface area (Å²) >= 11 is 0. The summed E-state index contributed by atoms with van der Waals surface area (Å²) < 4.78 is 19.0. The molecule has 0 bridgehead atoms. The summed E-state index contributed by atoms with van der Waals surface area (Å²) in [6.07, 6.45) is 6.38. The molecule has 0 aromatic rings. The van der Waals surface area contributed by atoms with E-state index in [9.17, 15) is 4.39 Å². The summed E-state index contributed by atoms with van der Waals surface area (Å²) in [5.41, 5.74) is -1.00. The highest BCUT2D eigenvalue weighted by atomic mass is 19.1. The number of hydrogen-bond acceptors (Lipinski definition) is 1. The van der Waals surface area contributed by atoms with Crippen LogP contribution in [0.4, 0.5) is 4.39 Å². The Labute approximate surface area is 80.7 Å². The highest BCUT2D eigenvalue weighted by molar-refractivity contribution is 4.84. The molecule has 0 aromatic heterocycles. The normalized spacial score (nSPS) is 24.2. The fourth-order valence-electron chi connectivity index (χ4n) is 2.21. The van der Waals surface area contributed by atoms with Crippen molar-refractivity contribution in [2.75, 3.05) is 13.7 Å². The Kier molecular flexibility index (Phi) is 4.17. The van der Waals surface area contributed by atoms with Gasteiger partial charge in [-0.3, -0.25) is 0 Å². The largest absolute Gasteiger partial charge is 0.385 e. The van der Waals surface area contributed by atoms with Crippen LogP contribution in [0.25, 0.3) is 0 Å². The molecule has 0 spiro atoms. The summed E-state index contributed by atoms with van der Waals surface area (Å²) in [5.74, 6) is 0.274. The third-order valence-electron chi connectivity index (χ3n) is 3.25. The molecule has 0 aliphatic heterocycles. The zero-order chi connectivity index (χ0) is 9.73. The Morgan fingerprint density at radius 1 is 1.31 bits per heavy atom. The van der Waals surface area contributed by atoms with E-state index < -0.39 is 5.67 Å². The smallest absolute Gasteiger partial charge is 0.113 e. The number of ether oxygens (including phenoxy) is 1. The Bertz CT molecular complexity index is 139. The summed E-state index contributed by atoms with van der Waals surface area (Å²) in [6.45, 7) is 2.28. The van der Waals surface area contributed by atoms with Crippen LogP contribution in [-0.4, -0.2) is 19.4 Å². The molecule has 1 nitrogen and oxygen atoms in total. The lowest BCUT2D eigenvalue weighted by Crippen LogP contribution is -2.32. The van der Waals surface area contributed by atoms with E-state index in [1.54, 1.807) is 14.0 Å². The van der Waals surface area contributed by atoms with Gasteiger partial charge < -0.3 is 4.74 Å². The van der Waals surface area contributed by atoms with Crippen LogP contribution in [0.3, 0.4) is 0 Å². The molecule has 0 saturated heterocycles. The predicted molar refractivity (Wildman–Crippen MR) is 52.6 cm³/mol. The van der Waals surface area contributed by atoms with Gasteiger partial charge in [-0.05, 0) is 25.7 Å². The second-order valence-corrected chi connectivity index (χ2v) is 4.36. The van der Waals surface area contributed by atoms with Crippen molar-refractivity contribution in [3.05, 3.63) is 0 Å². The Morgan fingerprint density at radius 2 is 1.92 bits per heavy atom. The van der Waals surface area contributed by atoms with Crippen molar-refractivity contribution < 1.29 is 9.13 Å². The quantitative estimate of drug-likeness (QED) is 0.657. The number of halogens is 1. The summed E-state index contributed by atoms with van der Waals surface area (Å²) in [4.78, 5) is 0. The summed E-state index contributed by atoms with van der Waals surface area (Å²) in [5, 5.41) is 0. The molecular formula is C11H21FO. The molecule has 13 heavy (non-hydrogen) atoms. The van der Waals surface area contributed by atoms with E-state index in [0.717, 1.165) is 12.8 Å². The van der Waals surface area contributed by atoms with Crippen LogP contribution in [0, 0.1) is 5.92 Å². The fraction of sp³-hybridized carbons (Fsp3) is 1.00. The molecule has 0 radical (unpaired) electrons. The van der Waals surface area contributed by atoms with E-state index in [4.69, 9.17) is 4.74 Å². The average Bonchev–Trinajstić information content (AvgIpc) is 2.16. The van der Waals surface area contributed by atoms with Gasteiger partial charge in [-0.15, -0.1) is 0 Å². The van der Waals surface area contributed by atoms with Gasteiger partial charge >= 0.3 is 0 Å². The molecule has 2 heteroatoms. The van der Waals surface area contributed by atoms with E-state index in [1.807, 2.05) is 0 Å². The second-order valence-electron chi connectivity index (χ2n) is 4.36. The SMILES string of the molecule is COCCC(C)(F)C1CCCCC1. The topological polar surface area (TPSA) is 9.23 Å². The second kappa shape index (κ2) is 4.94. The molecule has 1 unspecified atom stereocenters. The first kappa shape index (κ1) is 11.0. The zero-order valence-electron chi connectivity index (χ0n) is 8.81. The molecule has 0 N–H and O–H groups in total. The zero-order valence-corrected chi connectivity index (χ0v) is 8.81. The summed E-state index contributed by atoms with van der Waals surface area (Å²) in [6, 6.07) is 0. The van der Waals surface area contributed by atoms with E-state index >= 15 is 0 Å². The van der Waals surface area contributed by atoms with Gasteiger partial charge in [-0.25, -0.2) is 4.39 Å². The van der Waals surface area contributed by atoms with Crippen LogP contribution in [0.15, 0.2) is 0 Å². The van der Waals surface area contributed by atoms with Crippen molar-refractivity contribution in [1.29, 1.82) is 0 Å². The first-order valence-corrected chi connectivity index (χ1v) is 5.34. The van der Waals surface area contributed by atoms with Gasteiger partial charge in [0.1, 0.15) is 5.67 Å². The van der Waals surface area contributed by atoms with Crippen LogP contribution >= 0.6 is 0 Å². The molecule has 1 aliphatic carbocycles. The van der Waals surface area contributed by atoms with Gasteiger partial charge in [0, 0.05) is 20.1 Å². The first-order chi connectivity index (χ1) is 6.17. The molecule has 1 saturated carbocycles. The van der Waals surface area contributed by atoms with Gasteiger partial charge in [-0.1, -0.05) is 19.3 Å². The van der Waals surface area contributed by atoms with E-state index in [0.29, 0.717) is 13.0 Å². The average molecular weight is 188 g/mol. The number of hydrogen-bond donors (Lipinski definition) is 0. The summed E-state index contributed by atoms with van der Waals surface area (Å²) in [7, 11) is 1.64. The molecule has 1 atom stereocenters. The lowest BCUT2D eigenvalue weighted by atomic mass is 9.77. The van der Waals surface area contributed by atoms with Crippen LogP contribution in [0.1, 0.15) is 45.4 Å². The lowest BCUT2D eigenvalue weighted by molar-refractivity contribution is 0.0376. The Morgan fingerprint density at radius 3 is 2.46 bits per heavy atom. The van der Waals surface area contributed by atoms with Crippen LogP contribution in [0.2, 0.25) is 0 Å². The number of rotatable bonds is 4. The van der Waals surface area contributed by atoms with Crippen molar-refractivity contribution in [1.82, 2.24) is 0 Å². The Hall–Kier alpha value is -0.110.